The molecule has 264 valence electrons. The Bertz CT molecular complexity index is 665. The monoisotopic (exact) mass is 652 g/mol. The molecule has 3 unspecified atom stereocenters. The smallest absolute Gasteiger partial charge is 0.457 e. The second-order valence-electron chi connectivity index (χ2n) is 12.3. The van der Waals surface area contributed by atoms with E-state index in [0.717, 1.165) is 32.1 Å². The Morgan fingerprint density at radius 2 is 1.02 bits per heavy atom. The lowest BCUT2D eigenvalue weighted by Crippen LogP contribution is -2.29. The van der Waals surface area contributed by atoms with E-state index in [4.69, 9.17) is 23.6 Å². The number of carbonyl (C=O) groups excluding carboxylic acids is 1. The van der Waals surface area contributed by atoms with E-state index in [0.29, 0.717) is 6.61 Å². The van der Waals surface area contributed by atoms with Crippen LogP contribution < -0.4 is 0 Å². The van der Waals surface area contributed by atoms with Crippen molar-refractivity contribution in [3.05, 3.63) is 0 Å². The molecule has 0 heterocycles. The molecule has 3 atom stereocenters. The number of rotatable bonds is 35. The Morgan fingerprint density at radius 3 is 1.48 bits per heavy atom. The van der Waals surface area contributed by atoms with E-state index in [1.807, 2.05) is 0 Å². The van der Waals surface area contributed by atoms with E-state index in [1.165, 1.54) is 116 Å². The number of phosphoric acid groups is 1. The maximum atomic E-state index is 12.5. The van der Waals surface area contributed by atoms with Crippen LogP contribution >= 0.6 is 7.82 Å². The lowest BCUT2D eigenvalue weighted by Gasteiger charge is -2.20. The fourth-order valence-corrected chi connectivity index (χ4v) is 5.79. The van der Waals surface area contributed by atoms with Crippen molar-refractivity contribution in [3.8, 4) is 0 Å². The minimum atomic E-state index is -4.50. The molecule has 44 heavy (non-hydrogen) atoms. The average Bonchev–Trinajstić information content (AvgIpc) is 3.01. The number of hydrogen-bond donors (Lipinski definition) is 3. The van der Waals surface area contributed by atoms with Gasteiger partial charge in [0.2, 0.25) is 0 Å². The van der Waals surface area contributed by atoms with E-state index in [9.17, 15) is 19.4 Å². The van der Waals surface area contributed by atoms with Crippen LogP contribution in [0.2, 0.25) is 0 Å². The summed E-state index contributed by atoms with van der Waals surface area (Å²) in [5, 5.41) is 18.2. The van der Waals surface area contributed by atoms with Crippen molar-refractivity contribution in [1.82, 2.24) is 0 Å². The quantitative estimate of drug-likeness (QED) is 0.0349. The van der Waals surface area contributed by atoms with Gasteiger partial charge in [0, 0.05) is 13.0 Å². The molecule has 0 rings (SSSR count). The first-order valence-corrected chi connectivity index (χ1v) is 19.5. The van der Waals surface area contributed by atoms with E-state index in [2.05, 4.69) is 13.8 Å². The highest BCUT2D eigenvalue weighted by Gasteiger charge is 2.26. The fraction of sp³-hybridized carbons (Fsp3) is 0.971. The zero-order chi connectivity index (χ0) is 32.6. The molecule has 0 aliphatic rings. The molecule has 0 aromatic carbocycles. The van der Waals surface area contributed by atoms with Crippen LogP contribution in [0.4, 0.5) is 0 Å². The molecular weight excluding hydrogens is 583 g/mol. The van der Waals surface area contributed by atoms with Crippen LogP contribution in [0.3, 0.4) is 0 Å². The standard InChI is InChI=1S/C34H69O9P/c1-3-5-7-9-11-13-14-15-16-17-19-21-23-25-27-40-30-33(31-42-44(38,39)41-29-32(36)28-35)43-34(37)26-24-22-20-18-12-10-8-6-4-2/h32-33,35-36H,3-31H2,1-2H3,(H,38,39). The molecule has 0 fully saturated rings. The lowest BCUT2D eigenvalue weighted by atomic mass is 10.0. The fourth-order valence-electron chi connectivity index (χ4n) is 5.00. The maximum Gasteiger partial charge on any atom is 0.472 e. The van der Waals surface area contributed by atoms with Crippen LogP contribution in [0.5, 0.6) is 0 Å². The molecule has 0 saturated heterocycles. The second kappa shape index (κ2) is 32.4. The van der Waals surface area contributed by atoms with Crippen molar-refractivity contribution in [2.24, 2.45) is 0 Å². The highest BCUT2D eigenvalue weighted by molar-refractivity contribution is 7.47. The first-order chi connectivity index (χ1) is 21.3. The number of aliphatic hydroxyl groups excluding tert-OH is 2. The molecule has 0 spiro atoms. The van der Waals surface area contributed by atoms with Gasteiger partial charge in [-0.3, -0.25) is 13.8 Å². The summed E-state index contributed by atoms with van der Waals surface area (Å²) in [4.78, 5) is 22.3. The predicted octanol–water partition coefficient (Wildman–Crippen LogP) is 8.80. The van der Waals surface area contributed by atoms with Crippen molar-refractivity contribution in [3.63, 3.8) is 0 Å². The summed E-state index contributed by atoms with van der Waals surface area (Å²) < 4.78 is 33.1. The molecular formula is C34H69O9P. The SMILES string of the molecule is CCCCCCCCCCCCCCCCOCC(COP(=O)(O)OCC(O)CO)OC(=O)CCCCCCCCCCC. The van der Waals surface area contributed by atoms with Gasteiger partial charge in [-0.2, -0.15) is 0 Å². The van der Waals surface area contributed by atoms with Crippen LogP contribution in [0.25, 0.3) is 0 Å². The number of unbranched alkanes of at least 4 members (excludes halogenated alkanes) is 21. The van der Waals surface area contributed by atoms with E-state index in [1.54, 1.807) is 0 Å². The zero-order valence-corrected chi connectivity index (χ0v) is 29.3. The number of phosphoric ester groups is 1. The Morgan fingerprint density at radius 1 is 0.614 bits per heavy atom. The highest BCUT2D eigenvalue weighted by atomic mass is 31.2. The predicted molar refractivity (Wildman–Crippen MR) is 178 cm³/mol. The van der Waals surface area contributed by atoms with Crippen molar-refractivity contribution in [2.75, 3.05) is 33.0 Å². The van der Waals surface area contributed by atoms with E-state index >= 15 is 0 Å². The topological polar surface area (TPSA) is 132 Å². The first kappa shape index (κ1) is 43.5. The summed E-state index contributed by atoms with van der Waals surface area (Å²) in [7, 11) is -4.50. The molecule has 0 aliphatic carbocycles. The summed E-state index contributed by atoms with van der Waals surface area (Å²) in [6.45, 7) is 3.51. The third kappa shape index (κ3) is 31.4. The molecule has 0 aromatic rings. The van der Waals surface area contributed by atoms with Gasteiger partial charge in [0.15, 0.2) is 0 Å². The number of carbonyl (C=O) groups is 1. The van der Waals surface area contributed by atoms with Gasteiger partial charge in [0.05, 0.1) is 26.4 Å². The van der Waals surface area contributed by atoms with E-state index < -0.39 is 33.2 Å². The van der Waals surface area contributed by atoms with Gasteiger partial charge in [-0.25, -0.2) is 4.57 Å². The van der Waals surface area contributed by atoms with Crippen LogP contribution in [0.15, 0.2) is 0 Å². The van der Waals surface area contributed by atoms with Gasteiger partial charge < -0.3 is 24.6 Å². The number of ether oxygens (including phenoxy) is 2. The molecule has 9 nitrogen and oxygen atoms in total. The van der Waals surface area contributed by atoms with Gasteiger partial charge >= 0.3 is 13.8 Å². The minimum absolute atomic E-state index is 0.0568. The molecule has 0 aromatic heterocycles. The third-order valence-corrected chi connectivity index (χ3v) is 8.74. The van der Waals surface area contributed by atoms with Crippen LogP contribution in [-0.2, 0) is 27.9 Å². The van der Waals surface area contributed by atoms with Gasteiger partial charge in [-0.05, 0) is 12.8 Å². The van der Waals surface area contributed by atoms with Gasteiger partial charge in [0.1, 0.15) is 12.2 Å². The zero-order valence-electron chi connectivity index (χ0n) is 28.4. The Labute approximate surface area is 269 Å². The van der Waals surface area contributed by atoms with Crippen molar-refractivity contribution >= 4 is 13.8 Å². The molecule has 10 heteroatoms. The van der Waals surface area contributed by atoms with Crippen molar-refractivity contribution < 1.29 is 43.0 Å². The molecule has 0 bridgehead atoms. The summed E-state index contributed by atoms with van der Waals surface area (Å²) >= 11 is 0. The maximum absolute atomic E-state index is 12.5. The van der Waals surface area contributed by atoms with Gasteiger partial charge in [-0.15, -0.1) is 0 Å². The lowest BCUT2D eigenvalue weighted by molar-refractivity contribution is -0.154. The van der Waals surface area contributed by atoms with Gasteiger partial charge in [0.25, 0.3) is 0 Å². The summed E-state index contributed by atoms with van der Waals surface area (Å²) in [6, 6.07) is 0. The van der Waals surface area contributed by atoms with Crippen LogP contribution in [-0.4, -0.2) is 66.3 Å². The van der Waals surface area contributed by atoms with E-state index in [-0.39, 0.29) is 25.6 Å². The number of aliphatic hydroxyl groups is 2. The number of hydrogen-bond acceptors (Lipinski definition) is 8. The summed E-state index contributed by atoms with van der Waals surface area (Å²) in [5.74, 6) is -0.383. The molecule has 0 radical (unpaired) electrons. The van der Waals surface area contributed by atoms with Crippen LogP contribution in [0, 0.1) is 0 Å². The van der Waals surface area contributed by atoms with Crippen molar-refractivity contribution in [2.45, 2.75) is 180 Å². The molecule has 0 aliphatic heterocycles. The third-order valence-electron chi connectivity index (χ3n) is 7.79. The van der Waals surface area contributed by atoms with Crippen LogP contribution in [0.1, 0.15) is 168 Å². The molecule has 0 saturated carbocycles. The first-order valence-electron chi connectivity index (χ1n) is 18.0. The largest absolute Gasteiger partial charge is 0.472 e. The highest BCUT2D eigenvalue weighted by Crippen LogP contribution is 2.43. The Kier molecular flexibility index (Phi) is 32.0. The Balaban J connectivity index is 4.19. The minimum Gasteiger partial charge on any atom is -0.457 e. The number of esters is 1. The summed E-state index contributed by atoms with van der Waals surface area (Å²) in [5.41, 5.74) is 0. The summed E-state index contributed by atoms with van der Waals surface area (Å²) in [6.07, 6.45) is 26.3. The average molecular weight is 653 g/mol. The normalized spacial score (nSPS) is 14.4. The van der Waals surface area contributed by atoms with Crippen molar-refractivity contribution in [1.29, 1.82) is 0 Å². The molecule has 3 N–H and O–H groups in total. The second-order valence-corrected chi connectivity index (χ2v) is 13.7. The Hall–Kier alpha value is -0.540. The van der Waals surface area contributed by atoms with Gasteiger partial charge in [-0.1, -0.05) is 149 Å². The molecule has 0 amide bonds.